The molecule has 0 atom stereocenters. The Balaban J connectivity index is 3.30. The van der Waals surface area contributed by atoms with E-state index in [1.165, 1.54) is 6.07 Å². The first-order valence-corrected chi connectivity index (χ1v) is 4.63. The number of nitrogens with zero attached hydrogens (tertiary/aromatic N) is 4. The van der Waals surface area contributed by atoms with E-state index in [1.807, 2.05) is 0 Å². The smallest absolute Gasteiger partial charge is 0.335 e. The first-order chi connectivity index (χ1) is 8.99. The van der Waals surface area contributed by atoms with Crippen molar-refractivity contribution in [3.8, 4) is 6.07 Å². The van der Waals surface area contributed by atoms with E-state index < -0.39 is 22.3 Å². The number of aromatic carboxylic acids is 1. The SMILES string of the molecule is N#CC(=C=N)N=Nc1ccc(C(=O)O)cc1[N+](=O)[O-]. The van der Waals surface area contributed by atoms with Crippen LogP contribution in [0.2, 0.25) is 0 Å². The summed E-state index contributed by atoms with van der Waals surface area (Å²) in [4.78, 5) is 20.6. The number of nitrogens with one attached hydrogen (secondary N) is 1. The number of rotatable bonds is 4. The minimum Gasteiger partial charge on any atom is -0.478 e. The van der Waals surface area contributed by atoms with Crippen molar-refractivity contribution in [1.82, 2.24) is 0 Å². The molecule has 1 aromatic carbocycles. The Morgan fingerprint density at radius 1 is 1.53 bits per heavy atom. The van der Waals surface area contributed by atoms with Gasteiger partial charge in [-0.1, -0.05) is 0 Å². The number of nitro benzene ring substituents is 1. The van der Waals surface area contributed by atoms with Gasteiger partial charge in [0.2, 0.25) is 5.70 Å². The second-order valence-corrected chi connectivity index (χ2v) is 3.05. The highest BCUT2D eigenvalue weighted by atomic mass is 16.6. The number of nitro groups is 1. The highest BCUT2D eigenvalue weighted by Crippen LogP contribution is 2.28. The summed E-state index contributed by atoms with van der Waals surface area (Å²) in [5.41, 5.74) is -1.52. The monoisotopic (exact) mass is 259 g/mol. The molecule has 0 spiro atoms. The Bertz CT molecular complexity index is 667. The zero-order chi connectivity index (χ0) is 14.4. The number of nitriles is 1. The Hall–Kier alpha value is -3.37. The number of carboxylic acids is 1. The fourth-order valence-electron chi connectivity index (χ4n) is 1.07. The molecule has 9 heteroatoms. The van der Waals surface area contributed by atoms with E-state index in [0.29, 0.717) is 0 Å². The highest BCUT2D eigenvalue weighted by Gasteiger charge is 2.17. The number of azo groups is 1. The van der Waals surface area contributed by atoms with Crippen LogP contribution in [0.3, 0.4) is 0 Å². The normalized spacial score (nSPS) is 9.63. The lowest BCUT2D eigenvalue weighted by molar-refractivity contribution is -0.384. The van der Waals surface area contributed by atoms with Crippen LogP contribution in [0.5, 0.6) is 0 Å². The van der Waals surface area contributed by atoms with Crippen molar-refractivity contribution >= 4 is 23.2 Å². The Morgan fingerprint density at radius 2 is 2.21 bits per heavy atom. The van der Waals surface area contributed by atoms with E-state index in [-0.39, 0.29) is 11.3 Å². The average Bonchev–Trinajstić information content (AvgIpc) is 2.39. The van der Waals surface area contributed by atoms with Gasteiger partial charge in [0.15, 0.2) is 5.69 Å². The van der Waals surface area contributed by atoms with Gasteiger partial charge in [-0.3, -0.25) is 15.5 Å². The van der Waals surface area contributed by atoms with Crippen LogP contribution in [0.1, 0.15) is 10.4 Å². The fraction of sp³-hybridized carbons (Fsp3) is 0. The van der Waals surface area contributed by atoms with E-state index in [0.717, 1.165) is 18.2 Å². The van der Waals surface area contributed by atoms with E-state index >= 15 is 0 Å². The molecule has 0 aromatic heterocycles. The van der Waals surface area contributed by atoms with E-state index in [2.05, 4.69) is 10.2 Å². The molecule has 0 aliphatic rings. The Morgan fingerprint density at radius 3 is 2.68 bits per heavy atom. The van der Waals surface area contributed by atoms with Crippen LogP contribution in [0.25, 0.3) is 0 Å². The Labute approximate surface area is 105 Å². The molecule has 0 saturated heterocycles. The van der Waals surface area contributed by atoms with Crippen LogP contribution in [-0.2, 0) is 0 Å². The third-order valence-corrected chi connectivity index (χ3v) is 1.90. The molecule has 0 unspecified atom stereocenters. The third kappa shape index (κ3) is 3.29. The molecule has 1 rings (SSSR count). The molecule has 0 radical (unpaired) electrons. The molecule has 0 fully saturated rings. The van der Waals surface area contributed by atoms with Crippen LogP contribution in [0, 0.1) is 26.9 Å². The number of carbonyl (C=O) groups is 1. The van der Waals surface area contributed by atoms with Crippen molar-refractivity contribution in [1.29, 1.82) is 10.7 Å². The van der Waals surface area contributed by atoms with Crippen molar-refractivity contribution in [2.24, 2.45) is 10.2 Å². The summed E-state index contributed by atoms with van der Waals surface area (Å²) in [7, 11) is 0. The summed E-state index contributed by atoms with van der Waals surface area (Å²) in [6, 6.07) is 4.53. The minimum absolute atomic E-state index is 0.224. The summed E-state index contributed by atoms with van der Waals surface area (Å²) in [6.07, 6.45) is 0. The van der Waals surface area contributed by atoms with Gasteiger partial charge in [0.25, 0.3) is 5.69 Å². The molecule has 0 saturated carbocycles. The molecule has 1 aromatic rings. The van der Waals surface area contributed by atoms with E-state index in [1.54, 1.807) is 5.87 Å². The molecule has 94 valence electrons. The zero-order valence-electron chi connectivity index (χ0n) is 9.19. The van der Waals surface area contributed by atoms with Crippen molar-refractivity contribution in [2.75, 3.05) is 0 Å². The summed E-state index contributed by atoms with van der Waals surface area (Å²) in [6.45, 7) is 0. The molecule has 2 N–H and O–H groups in total. The second-order valence-electron chi connectivity index (χ2n) is 3.05. The predicted octanol–water partition coefficient (Wildman–Crippen LogP) is 2.03. The van der Waals surface area contributed by atoms with Gasteiger partial charge in [0.1, 0.15) is 6.07 Å². The summed E-state index contributed by atoms with van der Waals surface area (Å²) >= 11 is 0. The third-order valence-electron chi connectivity index (χ3n) is 1.90. The van der Waals surface area contributed by atoms with Crippen LogP contribution < -0.4 is 0 Å². The lowest BCUT2D eigenvalue weighted by Crippen LogP contribution is -1.98. The van der Waals surface area contributed by atoms with Gasteiger partial charge in [-0.2, -0.15) is 5.26 Å². The van der Waals surface area contributed by atoms with Crippen LogP contribution in [0.4, 0.5) is 11.4 Å². The Kier molecular flexibility index (Phi) is 4.19. The van der Waals surface area contributed by atoms with Gasteiger partial charge in [-0.15, -0.1) is 10.2 Å². The zero-order valence-corrected chi connectivity index (χ0v) is 9.19. The van der Waals surface area contributed by atoms with Gasteiger partial charge >= 0.3 is 5.97 Å². The van der Waals surface area contributed by atoms with Gasteiger partial charge in [-0.05, 0) is 12.1 Å². The maximum Gasteiger partial charge on any atom is 0.335 e. The van der Waals surface area contributed by atoms with Crippen LogP contribution >= 0.6 is 0 Å². The lowest BCUT2D eigenvalue weighted by atomic mass is 10.2. The van der Waals surface area contributed by atoms with Crippen molar-refractivity contribution < 1.29 is 14.8 Å². The molecule has 0 aliphatic heterocycles. The topological polar surface area (TPSA) is 153 Å². The number of hydrogen-bond acceptors (Lipinski definition) is 7. The summed E-state index contributed by atoms with van der Waals surface area (Å²) in [5, 5.41) is 41.3. The predicted molar refractivity (Wildman–Crippen MR) is 61.4 cm³/mol. The summed E-state index contributed by atoms with van der Waals surface area (Å²) in [5.74, 6) is 0.365. The lowest BCUT2D eigenvalue weighted by Gasteiger charge is -1.98. The molecular formula is C10H5N5O4. The molecule has 0 heterocycles. The quantitative estimate of drug-likeness (QED) is 0.278. The summed E-state index contributed by atoms with van der Waals surface area (Å²) < 4.78 is 0. The minimum atomic E-state index is -1.32. The average molecular weight is 259 g/mol. The number of allylic oxidation sites excluding steroid dienone is 1. The van der Waals surface area contributed by atoms with Gasteiger partial charge < -0.3 is 5.11 Å². The van der Waals surface area contributed by atoms with Gasteiger partial charge in [0.05, 0.1) is 10.5 Å². The fourth-order valence-corrected chi connectivity index (χ4v) is 1.07. The maximum absolute atomic E-state index is 10.8. The number of carboxylic acid groups (broad SMARTS) is 1. The first kappa shape index (κ1) is 13.7. The number of benzene rings is 1. The van der Waals surface area contributed by atoms with Crippen LogP contribution in [-0.4, -0.2) is 21.9 Å². The molecule has 19 heavy (non-hydrogen) atoms. The van der Waals surface area contributed by atoms with Crippen LogP contribution in [0.15, 0.2) is 34.1 Å². The molecular weight excluding hydrogens is 254 g/mol. The van der Waals surface area contributed by atoms with E-state index in [4.69, 9.17) is 15.8 Å². The second kappa shape index (κ2) is 5.81. The maximum atomic E-state index is 10.8. The largest absolute Gasteiger partial charge is 0.478 e. The standard InChI is InChI=1S/C10H5N5O4/c11-4-7(5-12)13-14-8-2-1-6(10(16)17)3-9(8)15(18)19/h1-3,11H,(H,16,17). The number of hydrogen-bond donors (Lipinski definition) is 2. The molecule has 0 amide bonds. The molecule has 0 bridgehead atoms. The first-order valence-electron chi connectivity index (χ1n) is 4.63. The van der Waals surface area contributed by atoms with Crippen molar-refractivity contribution in [3.05, 3.63) is 39.6 Å². The van der Waals surface area contributed by atoms with Crippen molar-refractivity contribution in [2.45, 2.75) is 0 Å². The molecule has 0 aliphatic carbocycles. The molecule has 9 nitrogen and oxygen atoms in total. The highest BCUT2D eigenvalue weighted by molar-refractivity contribution is 5.89. The van der Waals surface area contributed by atoms with Crippen molar-refractivity contribution in [3.63, 3.8) is 0 Å². The van der Waals surface area contributed by atoms with E-state index in [9.17, 15) is 14.9 Å². The van der Waals surface area contributed by atoms with Gasteiger partial charge in [0, 0.05) is 11.9 Å². The van der Waals surface area contributed by atoms with Gasteiger partial charge in [-0.25, -0.2) is 4.79 Å².